The van der Waals surface area contributed by atoms with Crippen molar-refractivity contribution in [3.05, 3.63) is 40.4 Å². The van der Waals surface area contributed by atoms with E-state index in [2.05, 4.69) is 43.4 Å². The van der Waals surface area contributed by atoms with Crippen molar-refractivity contribution in [2.24, 2.45) is 0 Å². The Hall–Kier alpha value is -1.19. The van der Waals surface area contributed by atoms with Gasteiger partial charge in [-0.15, -0.1) is 11.3 Å². The van der Waals surface area contributed by atoms with Crippen LogP contribution in [0.4, 0.5) is 0 Å². The van der Waals surface area contributed by atoms with Crippen LogP contribution >= 0.6 is 11.3 Å². The lowest BCUT2D eigenvalue weighted by molar-refractivity contribution is 0.815. The predicted molar refractivity (Wildman–Crippen MR) is 74.4 cm³/mol. The van der Waals surface area contributed by atoms with Gasteiger partial charge in [0.05, 0.1) is 5.69 Å². The largest absolute Gasteiger partial charge is 0.315 e. The maximum absolute atomic E-state index is 4.76. The number of rotatable bonds is 4. The zero-order chi connectivity index (χ0) is 12.3. The first-order chi connectivity index (χ1) is 8.26. The van der Waals surface area contributed by atoms with E-state index < -0.39 is 0 Å². The van der Waals surface area contributed by atoms with Crippen molar-refractivity contribution in [2.45, 2.75) is 26.8 Å². The van der Waals surface area contributed by atoms with E-state index in [1.165, 1.54) is 21.7 Å². The first kappa shape index (κ1) is 12.3. The quantitative estimate of drug-likeness (QED) is 0.894. The molecular formula is C14H18N2S. The van der Waals surface area contributed by atoms with Crippen molar-refractivity contribution >= 4 is 11.3 Å². The molecule has 2 rings (SSSR count). The smallest absolute Gasteiger partial charge is 0.124 e. The standard InChI is InChI=1S/C14H18N2S/c1-4-12-13(9-15-3)17-14(16-12)11-8-6-5-7-10(11)2/h5-8,15H,4,9H2,1-3H3. The summed E-state index contributed by atoms with van der Waals surface area (Å²) < 4.78 is 0. The molecule has 0 saturated heterocycles. The summed E-state index contributed by atoms with van der Waals surface area (Å²) in [6, 6.07) is 8.44. The Bertz CT molecular complexity index is 503. The average molecular weight is 246 g/mol. The second-order valence-corrected chi connectivity index (χ2v) is 5.17. The van der Waals surface area contributed by atoms with Crippen LogP contribution < -0.4 is 5.32 Å². The number of nitrogens with one attached hydrogen (secondary N) is 1. The van der Waals surface area contributed by atoms with E-state index in [-0.39, 0.29) is 0 Å². The van der Waals surface area contributed by atoms with E-state index in [0.29, 0.717) is 0 Å². The molecule has 1 N–H and O–H groups in total. The summed E-state index contributed by atoms with van der Waals surface area (Å²) in [6.45, 7) is 5.21. The van der Waals surface area contributed by atoms with Crippen LogP contribution in [0.3, 0.4) is 0 Å². The molecular weight excluding hydrogens is 228 g/mol. The maximum Gasteiger partial charge on any atom is 0.124 e. The van der Waals surface area contributed by atoms with Crippen LogP contribution in [0, 0.1) is 6.92 Å². The van der Waals surface area contributed by atoms with E-state index >= 15 is 0 Å². The van der Waals surface area contributed by atoms with E-state index in [1.807, 2.05) is 7.05 Å². The van der Waals surface area contributed by atoms with Gasteiger partial charge in [0.2, 0.25) is 0 Å². The summed E-state index contributed by atoms with van der Waals surface area (Å²) in [7, 11) is 1.98. The number of nitrogens with zero attached hydrogens (tertiary/aromatic N) is 1. The number of thiazole rings is 1. The first-order valence-electron chi connectivity index (χ1n) is 5.95. The Kier molecular flexibility index (Phi) is 3.92. The predicted octanol–water partition coefficient (Wildman–Crippen LogP) is 3.40. The summed E-state index contributed by atoms with van der Waals surface area (Å²) in [5.41, 5.74) is 3.78. The molecule has 1 aromatic heterocycles. The first-order valence-corrected chi connectivity index (χ1v) is 6.77. The molecule has 0 spiro atoms. The van der Waals surface area contributed by atoms with Crippen LogP contribution in [-0.2, 0) is 13.0 Å². The van der Waals surface area contributed by atoms with Gasteiger partial charge in [-0.1, -0.05) is 31.2 Å². The lowest BCUT2D eigenvalue weighted by Gasteiger charge is -2.00. The highest BCUT2D eigenvalue weighted by atomic mass is 32.1. The molecule has 1 aromatic carbocycles. The van der Waals surface area contributed by atoms with Gasteiger partial charge in [0, 0.05) is 17.0 Å². The van der Waals surface area contributed by atoms with Crippen LogP contribution in [0.5, 0.6) is 0 Å². The van der Waals surface area contributed by atoms with Crippen molar-refractivity contribution in [2.75, 3.05) is 7.05 Å². The molecule has 0 atom stereocenters. The van der Waals surface area contributed by atoms with Gasteiger partial charge in [-0.2, -0.15) is 0 Å². The molecule has 0 fully saturated rings. The zero-order valence-corrected chi connectivity index (χ0v) is 11.4. The molecule has 0 radical (unpaired) electrons. The van der Waals surface area contributed by atoms with Crippen molar-refractivity contribution in [3.8, 4) is 10.6 Å². The minimum Gasteiger partial charge on any atom is -0.315 e. The highest BCUT2D eigenvalue weighted by molar-refractivity contribution is 7.15. The lowest BCUT2D eigenvalue weighted by Crippen LogP contribution is -2.05. The third-order valence-electron chi connectivity index (χ3n) is 2.83. The molecule has 0 aliphatic carbocycles. The van der Waals surface area contributed by atoms with Gasteiger partial charge in [0.1, 0.15) is 5.01 Å². The molecule has 0 aliphatic rings. The fourth-order valence-electron chi connectivity index (χ4n) is 1.89. The highest BCUT2D eigenvalue weighted by Gasteiger charge is 2.11. The van der Waals surface area contributed by atoms with Crippen molar-refractivity contribution in [1.82, 2.24) is 10.3 Å². The van der Waals surface area contributed by atoms with Gasteiger partial charge in [-0.3, -0.25) is 0 Å². The van der Waals surface area contributed by atoms with E-state index in [9.17, 15) is 0 Å². The number of aryl methyl sites for hydroxylation is 2. The molecule has 0 aliphatic heterocycles. The summed E-state index contributed by atoms with van der Waals surface area (Å²) in [4.78, 5) is 6.11. The van der Waals surface area contributed by atoms with Crippen LogP contribution in [0.25, 0.3) is 10.6 Å². The number of aromatic nitrogens is 1. The molecule has 0 unspecified atom stereocenters. The Morgan fingerprint density at radius 3 is 2.71 bits per heavy atom. The monoisotopic (exact) mass is 246 g/mol. The van der Waals surface area contributed by atoms with Gasteiger partial charge in [0.25, 0.3) is 0 Å². The molecule has 1 heterocycles. The van der Waals surface area contributed by atoms with E-state index in [1.54, 1.807) is 11.3 Å². The molecule has 2 nitrogen and oxygen atoms in total. The van der Waals surface area contributed by atoms with E-state index in [4.69, 9.17) is 4.98 Å². The lowest BCUT2D eigenvalue weighted by atomic mass is 10.1. The Balaban J connectivity index is 2.43. The van der Waals surface area contributed by atoms with Gasteiger partial charge >= 0.3 is 0 Å². The molecule has 0 bridgehead atoms. The average Bonchev–Trinajstić information content (AvgIpc) is 2.73. The van der Waals surface area contributed by atoms with Crippen LogP contribution in [0.2, 0.25) is 0 Å². The van der Waals surface area contributed by atoms with Gasteiger partial charge < -0.3 is 5.32 Å². The molecule has 2 aromatic rings. The fourth-order valence-corrected chi connectivity index (χ4v) is 3.14. The van der Waals surface area contributed by atoms with Gasteiger partial charge in [0.15, 0.2) is 0 Å². The molecule has 0 amide bonds. The van der Waals surface area contributed by atoms with Crippen molar-refractivity contribution < 1.29 is 0 Å². The van der Waals surface area contributed by atoms with Crippen LogP contribution in [0.1, 0.15) is 23.1 Å². The topological polar surface area (TPSA) is 24.9 Å². The minimum atomic E-state index is 0.909. The molecule has 3 heteroatoms. The normalized spacial score (nSPS) is 10.8. The van der Waals surface area contributed by atoms with Gasteiger partial charge in [-0.25, -0.2) is 4.98 Å². The highest BCUT2D eigenvalue weighted by Crippen LogP contribution is 2.30. The molecule has 17 heavy (non-hydrogen) atoms. The second kappa shape index (κ2) is 5.43. The Morgan fingerprint density at radius 2 is 2.06 bits per heavy atom. The summed E-state index contributed by atoms with van der Waals surface area (Å²) >= 11 is 1.80. The summed E-state index contributed by atoms with van der Waals surface area (Å²) in [5.74, 6) is 0. The molecule has 90 valence electrons. The number of benzene rings is 1. The Morgan fingerprint density at radius 1 is 1.29 bits per heavy atom. The fraction of sp³-hybridized carbons (Fsp3) is 0.357. The molecule has 0 saturated carbocycles. The third kappa shape index (κ3) is 2.56. The Labute approximate surface area is 107 Å². The minimum absolute atomic E-state index is 0.909. The van der Waals surface area contributed by atoms with Gasteiger partial charge in [-0.05, 0) is 26.0 Å². The second-order valence-electron chi connectivity index (χ2n) is 4.09. The van der Waals surface area contributed by atoms with Crippen molar-refractivity contribution in [3.63, 3.8) is 0 Å². The van der Waals surface area contributed by atoms with E-state index in [0.717, 1.165) is 18.0 Å². The number of hydrogen-bond acceptors (Lipinski definition) is 3. The summed E-state index contributed by atoms with van der Waals surface area (Å²) in [6.07, 6.45) is 0.999. The SMILES string of the molecule is CCc1nc(-c2ccccc2C)sc1CNC. The maximum atomic E-state index is 4.76. The number of hydrogen-bond donors (Lipinski definition) is 1. The van der Waals surface area contributed by atoms with Crippen molar-refractivity contribution in [1.29, 1.82) is 0 Å². The van der Waals surface area contributed by atoms with Crippen LogP contribution in [0.15, 0.2) is 24.3 Å². The zero-order valence-electron chi connectivity index (χ0n) is 10.6. The summed E-state index contributed by atoms with van der Waals surface area (Å²) in [5, 5.41) is 4.35. The van der Waals surface area contributed by atoms with Crippen LogP contribution in [-0.4, -0.2) is 12.0 Å². The third-order valence-corrected chi connectivity index (χ3v) is 3.96.